The number of H-pyrrole nitrogens is 1. The highest BCUT2D eigenvalue weighted by Crippen LogP contribution is 2.35. The van der Waals surface area contributed by atoms with Crippen LogP contribution in [0.3, 0.4) is 0 Å². The van der Waals surface area contributed by atoms with Gasteiger partial charge in [-0.3, -0.25) is 0 Å². The molecule has 112 valence electrons. The number of hydrogen-bond acceptors (Lipinski definition) is 2. The molecule has 0 saturated heterocycles. The summed E-state index contributed by atoms with van der Waals surface area (Å²) in [5.41, 5.74) is 3.93. The number of hydrogen-bond donors (Lipinski definition) is 1. The molecule has 0 spiro atoms. The molecule has 0 aliphatic carbocycles. The van der Waals surface area contributed by atoms with E-state index in [1.807, 2.05) is 25.1 Å². The van der Waals surface area contributed by atoms with E-state index in [1.165, 1.54) is 4.88 Å². The van der Waals surface area contributed by atoms with E-state index in [9.17, 15) is 0 Å². The minimum absolute atomic E-state index is 0.0978. The summed E-state index contributed by atoms with van der Waals surface area (Å²) in [6.45, 7) is 8.49. The average molecular weight is 329 g/mol. The van der Waals surface area contributed by atoms with Crippen molar-refractivity contribution < 1.29 is 0 Å². The number of rotatable bonds is 0. The second-order valence-electron chi connectivity index (χ2n) is 6.35. The molecule has 0 radical (unpaired) electrons. The summed E-state index contributed by atoms with van der Waals surface area (Å²) in [5, 5.41) is 0. The molecule has 0 fully saturated rings. The van der Waals surface area contributed by atoms with Gasteiger partial charge in [-0.05, 0) is 36.6 Å². The first-order chi connectivity index (χ1) is 10.3. The van der Waals surface area contributed by atoms with Crippen LogP contribution in [0, 0.1) is 18.8 Å². The van der Waals surface area contributed by atoms with Crippen molar-refractivity contribution in [3.05, 3.63) is 50.4 Å². The average Bonchev–Trinajstić information content (AvgIpc) is 2.97. The zero-order chi connectivity index (χ0) is 15.9. The van der Waals surface area contributed by atoms with Crippen molar-refractivity contribution >= 4 is 34.0 Å². The maximum Gasteiger partial charge on any atom is 0.109 e. The molecule has 2 nitrogen and oxygen atoms in total. The highest BCUT2D eigenvalue weighted by Gasteiger charge is 2.18. The maximum atomic E-state index is 6.32. The molecule has 1 N–H and O–H groups in total. The molecule has 1 aromatic carbocycles. The van der Waals surface area contributed by atoms with Crippen molar-refractivity contribution in [1.29, 1.82) is 0 Å². The van der Waals surface area contributed by atoms with Crippen LogP contribution in [0.25, 0.3) is 11.0 Å². The summed E-state index contributed by atoms with van der Waals surface area (Å²) in [6, 6.07) is 8.09. The van der Waals surface area contributed by atoms with Crippen molar-refractivity contribution in [3.63, 3.8) is 0 Å². The number of thiophene rings is 1. The van der Waals surface area contributed by atoms with Crippen molar-refractivity contribution in [2.24, 2.45) is 0 Å². The van der Waals surface area contributed by atoms with Gasteiger partial charge in [0.1, 0.15) is 10.2 Å². The Balaban J connectivity index is 1.95. The summed E-state index contributed by atoms with van der Waals surface area (Å²) in [7, 11) is 0. The lowest BCUT2D eigenvalue weighted by Gasteiger charge is -2.14. The topological polar surface area (TPSA) is 28.7 Å². The Labute approximate surface area is 139 Å². The van der Waals surface area contributed by atoms with Crippen molar-refractivity contribution in [2.75, 3.05) is 0 Å². The molecule has 3 aromatic rings. The molecule has 0 bridgehead atoms. The van der Waals surface area contributed by atoms with Crippen LogP contribution >= 0.6 is 22.9 Å². The van der Waals surface area contributed by atoms with Crippen LogP contribution in [0.5, 0.6) is 0 Å². The molecule has 4 heteroatoms. The van der Waals surface area contributed by atoms with Gasteiger partial charge >= 0.3 is 0 Å². The van der Waals surface area contributed by atoms with Crippen LogP contribution in [-0.4, -0.2) is 9.97 Å². The molecule has 2 heterocycles. The van der Waals surface area contributed by atoms with Gasteiger partial charge < -0.3 is 4.98 Å². The maximum absolute atomic E-state index is 6.32. The Hall–Kier alpha value is -1.76. The van der Waals surface area contributed by atoms with Crippen molar-refractivity contribution in [3.8, 4) is 11.8 Å². The monoisotopic (exact) mass is 328 g/mol. The Morgan fingerprint density at radius 3 is 2.64 bits per heavy atom. The highest BCUT2D eigenvalue weighted by molar-refractivity contribution is 7.16. The number of nitrogens with one attached hydrogen (secondary N) is 1. The first-order valence-electron chi connectivity index (χ1n) is 7.11. The van der Waals surface area contributed by atoms with Gasteiger partial charge in [0, 0.05) is 10.4 Å². The summed E-state index contributed by atoms with van der Waals surface area (Å²) in [4.78, 5) is 8.87. The third-order valence-corrected chi connectivity index (χ3v) is 5.15. The van der Waals surface area contributed by atoms with Gasteiger partial charge in [-0.1, -0.05) is 44.2 Å². The van der Waals surface area contributed by atoms with Gasteiger partial charge in [0.25, 0.3) is 0 Å². The molecular formula is C18H17ClN2S. The number of aryl methyl sites for hydroxylation is 1. The van der Waals surface area contributed by atoms with Crippen LogP contribution < -0.4 is 0 Å². The fourth-order valence-electron chi connectivity index (χ4n) is 2.18. The van der Waals surface area contributed by atoms with Crippen molar-refractivity contribution in [2.45, 2.75) is 33.1 Å². The fraction of sp³-hybridized carbons (Fsp3) is 0.278. The summed E-state index contributed by atoms with van der Waals surface area (Å²) < 4.78 is 0.760. The first-order valence-corrected chi connectivity index (χ1v) is 8.30. The van der Waals surface area contributed by atoms with E-state index in [1.54, 1.807) is 11.3 Å². The predicted molar refractivity (Wildman–Crippen MR) is 94.8 cm³/mol. The molecule has 0 saturated carbocycles. The van der Waals surface area contributed by atoms with E-state index >= 15 is 0 Å². The summed E-state index contributed by atoms with van der Waals surface area (Å²) in [6.07, 6.45) is 0. The minimum Gasteiger partial charge on any atom is -0.342 e. The van der Waals surface area contributed by atoms with Gasteiger partial charge in [0.15, 0.2) is 0 Å². The van der Waals surface area contributed by atoms with Crippen LogP contribution in [0.15, 0.2) is 24.3 Å². The first kappa shape index (κ1) is 15.1. The second kappa shape index (κ2) is 5.46. The lowest BCUT2D eigenvalue weighted by Crippen LogP contribution is -2.07. The minimum atomic E-state index is 0.0978. The number of aromatic amines is 1. The number of nitrogens with zero attached hydrogens (tertiary/aromatic N) is 1. The van der Waals surface area contributed by atoms with E-state index in [4.69, 9.17) is 11.6 Å². The van der Waals surface area contributed by atoms with Crippen LogP contribution in [-0.2, 0) is 5.41 Å². The van der Waals surface area contributed by atoms with Gasteiger partial charge in [0.2, 0.25) is 0 Å². The molecule has 0 atom stereocenters. The standard InChI is InChI=1S/C18H17ClN2S/c1-11-20-14-8-6-12(9-15(14)21-11)5-7-13-10-16(18(2,3)4)22-17(13)19/h6,8-10H,1-4H3,(H,20,21). The van der Waals surface area contributed by atoms with E-state index in [0.29, 0.717) is 0 Å². The van der Waals surface area contributed by atoms with Gasteiger partial charge in [0.05, 0.1) is 16.6 Å². The smallest absolute Gasteiger partial charge is 0.109 e. The van der Waals surface area contributed by atoms with E-state index < -0.39 is 0 Å². The zero-order valence-electron chi connectivity index (χ0n) is 13.0. The molecule has 0 unspecified atom stereocenters. The molecule has 3 rings (SSSR count). The van der Waals surface area contributed by atoms with Crippen LogP contribution in [0.2, 0.25) is 4.34 Å². The van der Waals surface area contributed by atoms with Gasteiger partial charge in [-0.25, -0.2) is 4.98 Å². The lowest BCUT2D eigenvalue weighted by molar-refractivity contribution is 0.604. The largest absolute Gasteiger partial charge is 0.342 e. The third kappa shape index (κ3) is 3.04. The van der Waals surface area contributed by atoms with E-state index in [2.05, 4.69) is 48.6 Å². The lowest BCUT2D eigenvalue weighted by atomic mass is 9.94. The molecule has 0 amide bonds. The number of aromatic nitrogens is 2. The number of fused-ring (bicyclic) bond motifs is 1. The Kier molecular flexibility index (Phi) is 3.76. The molecule has 0 aliphatic heterocycles. The molecule has 22 heavy (non-hydrogen) atoms. The highest BCUT2D eigenvalue weighted by atomic mass is 35.5. The van der Waals surface area contributed by atoms with Gasteiger partial charge in [-0.2, -0.15) is 0 Å². The number of halogens is 1. The SMILES string of the molecule is Cc1nc2ccc(C#Cc3cc(C(C)(C)C)sc3Cl)cc2[nH]1. The van der Waals surface area contributed by atoms with Crippen LogP contribution in [0.1, 0.15) is 42.6 Å². The quantitative estimate of drug-likeness (QED) is 0.558. The Morgan fingerprint density at radius 1 is 1.18 bits per heavy atom. The van der Waals surface area contributed by atoms with Crippen molar-refractivity contribution in [1.82, 2.24) is 9.97 Å². The molecule has 2 aromatic heterocycles. The predicted octanol–water partition coefficient (Wildman–Crippen LogP) is 5.28. The number of benzene rings is 1. The normalized spacial score (nSPS) is 11.5. The second-order valence-corrected chi connectivity index (χ2v) is 8.01. The zero-order valence-corrected chi connectivity index (χ0v) is 14.6. The fourth-order valence-corrected chi connectivity index (χ4v) is 3.43. The summed E-state index contributed by atoms with van der Waals surface area (Å²) >= 11 is 7.92. The van der Waals surface area contributed by atoms with Crippen LogP contribution in [0.4, 0.5) is 0 Å². The van der Waals surface area contributed by atoms with E-state index in [-0.39, 0.29) is 5.41 Å². The molecular weight excluding hydrogens is 312 g/mol. The third-order valence-electron chi connectivity index (χ3n) is 3.37. The summed E-state index contributed by atoms with van der Waals surface area (Å²) in [5.74, 6) is 7.29. The van der Waals surface area contributed by atoms with Gasteiger partial charge in [-0.15, -0.1) is 11.3 Å². The van der Waals surface area contributed by atoms with E-state index in [0.717, 1.165) is 32.3 Å². The number of imidazole rings is 1. The Morgan fingerprint density at radius 2 is 1.95 bits per heavy atom. The Bertz CT molecular complexity index is 901. The molecule has 0 aliphatic rings.